The number of hydrogen-bond acceptors (Lipinski definition) is 5. The van der Waals surface area contributed by atoms with E-state index in [1.807, 2.05) is 0 Å². The predicted octanol–water partition coefficient (Wildman–Crippen LogP) is 2.69. The van der Waals surface area contributed by atoms with Crippen LogP contribution >= 0.6 is 11.3 Å². The lowest BCUT2D eigenvalue weighted by Gasteiger charge is -2.10. The molecule has 2 amide bonds. The van der Waals surface area contributed by atoms with Crippen molar-refractivity contribution in [2.45, 2.75) is 31.8 Å². The number of amides is 2. The van der Waals surface area contributed by atoms with Gasteiger partial charge in [-0.3, -0.25) is 5.32 Å². The third-order valence-electron chi connectivity index (χ3n) is 3.77. The molecule has 2 aromatic rings. The quantitative estimate of drug-likeness (QED) is 0.692. The molecule has 0 radical (unpaired) electrons. The molecule has 1 aromatic carbocycles. The molecule has 3 rings (SSSR count). The highest BCUT2D eigenvalue weighted by Crippen LogP contribution is 2.29. The van der Waals surface area contributed by atoms with Gasteiger partial charge in [0.2, 0.25) is 0 Å². The van der Waals surface area contributed by atoms with E-state index in [4.69, 9.17) is 5.11 Å². The molecular weight excluding hydrogens is 314 g/mol. The number of rotatable bonds is 4. The van der Waals surface area contributed by atoms with Crippen LogP contribution in [0.5, 0.6) is 0 Å². The van der Waals surface area contributed by atoms with Gasteiger partial charge in [0, 0.05) is 10.6 Å². The van der Waals surface area contributed by atoms with Crippen molar-refractivity contribution in [1.29, 1.82) is 0 Å². The zero-order chi connectivity index (χ0) is 16.2. The number of hydrogen-bond donors (Lipinski definition) is 4. The number of thiazole rings is 1. The molecule has 0 saturated heterocycles. The largest absolute Gasteiger partial charge is 0.393 e. The summed E-state index contributed by atoms with van der Waals surface area (Å²) >= 11 is 1.53. The fraction of sp³-hybridized carbons (Fsp3) is 0.375. The zero-order valence-corrected chi connectivity index (χ0v) is 13.4. The number of urea groups is 1. The number of aromatic nitrogens is 1. The molecule has 1 aliphatic rings. The van der Waals surface area contributed by atoms with Gasteiger partial charge >= 0.3 is 6.03 Å². The van der Waals surface area contributed by atoms with Crippen molar-refractivity contribution in [3.63, 3.8) is 0 Å². The van der Waals surface area contributed by atoms with Crippen LogP contribution < -0.4 is 10.6 Å². The number of nitrogens with zero attached hydrogens (tertiary/aromatic N) is 1. The van der Waals surface area contributed by atoms with Crippen LogP contribution in [-0.4, -0.2) is 27.8 Å². The van der Waals surface area contributed by atoms with Crippen LogP contribution in [0.15, 0.2) is 24.3 Å². The number of aliphatic hydroxyl groups excluding tert-OH is 2. The first-order chi connectivity index (χ1) is 11.2. The van der Waals surface area contributed by atoms with Crippen molar-refractivity contribution in [3.8, 4) is 0 Å². The standard InChI is InChI=1S/C16H19N3O3S/c20-9-13(21)10-4-3-5-11(8-10)17-15(22)19-16-18-12-6-1-2-7-14(12)23-16/h3-5,8,13,20-21H,1-2,6-7,9H2,(H2,17,18,19,22). The summed E-state index contributed by atoms with van der Waals surface area (Å²) in [4.78, 5) is 17.8. The molecule has 1 atom stereocenters. The Hall–Kier alpha value is -1.96. The highest BCUT2D eigenvalue weighted by Gasteiger charge is 2.16. The molecular formula is C16H19N3O3S. The number of benzene rings is 1. The van der Waals surface area contributed by atoms with E-state index in [2.05, 4.69) is 15.6 Å². The Morgan fingerprint density at radius 2 is 2.13 bits per heavy atom. The fourth-order valence-electron chi connectivity index (χ4n) is 2.59. The molecule has 122 valence electrons. The van der Waals surface area contributed by atoms with Crippen molar-refractivity contribution in [3.05, 3.63) is 40.4 Å². The van der Waals surface area contributed by atoms with Gasteiger partial charge in [0.15, 0.2) is 5.13 Å². The minimum Gasteiger partial charge on any atom is -0.393 e. The zero-order valence-electron chi connectivity index (χ0n) is 12.6. The lowest BCUT2D eigenvalue weighted by atomic mass is 10.0. The van der Waals surface area contributed by atoms with Crippen LogP contribution in [0.2, 0.25) is 0 Å². The second-order valence-corrected chi connectivity index (χ2v) is 6.58. The van der Waals surface area contributed by atoms with Crippen molar-refractivity contribution < 1.29 is 15.0 Å². The average Bonchev–Trinajstić information content (AvgIpc) is 2.96. The maximum Gasteiger partial charge on any atom is 0.325 e. The van der Waals surface area contributed by atoms with Gasteiger partial charge in [-0.05, 0) is 43.4 Å². The molecule has 0 bridgehead atoms. The number of carbonyl (C=O) groups is 1. The van der Waals surface area contributed by atoms with E-state index < -0.39 is 6.10 Å². The number of fused-ring (bicyclic) bond motifs is 1. The molecule has 0 saturated carbocycles. The second kappa shape index (κ2) is 7.08. The Labute approximate surface area is 138 Å². The van der Waals surface area contributed by atoms with E-state index in [1.54, 1.807) is 24.3 Å². The molecule has 7 heteroatoms. The topological polar surface area (TPSA) is 94.5 Å². The van der Waals surface area contributed by atoms with Crippen molar-refractivity contribution in [1.82, 2.24) is 4.98 Å². The lowest BCUT2D eigenvalue weighted by Crippen LogP contribution is -2.19. The minimum atomic E-state index is -0.953. The first-order valence-corrected chi connectivity index (χ1v) is 8.43. The van der Waals surface area contributed by atoms with E-state index >= 15 is 0 Å². The normalized spacial score (nSPS) is 14.9. The highest BCUT2D eigenvalue weighted by molar-refractivity contribution is 7.15. The maximum atomic E-state index is 12.1. The maximum absolute atomic E-state index is 12.1. The number of nitrogens with one attached hydrogen (secondary N) is 2. The summed E-state index contributed by atoms with van der Waals surface area (Å²) < 4.78 is 0. The molecule has 1 aromatic heterocycles. The summed E-state index contributed by atoms with van der Waals surface area (Å²) in [5.74, 6) is 0. The van der Waals surface area contributed by atoms with Crippen molar-refractivity contribution >= 4 is 28.2 Å². The molecule has 1 heterocycles. The Kier molecular flexibility index (Phi) is 4.90. The number of carbonyl (C=O) groups excluding carboxylic acids is 1. The van der Waals surface area contributed by atoms with Gasteiger partial charge in [0.05, 0.1) is 12.3 Å². The summed E-state index contributed by atoms with van der Waals surface area (Å²) in [5, 5.41) is 24.7. The smallest absolute Gasteiger partial charge is 0.325 e. The summed E-state index contributed by atoms with van der Waals surface area (Å²) in [6.07, 6.45) is 3.40. The number of anilines is 2. The minimum absolute atomic E-state index is 0.361. The van der Waals surface area contributed by atoms with Crippen molar-refractivity contribution in [2.75, 3.05) is 17.2 Å². The second-order valence-electron chi connectivity index (χ2n) is 5.50. The van der Waals surface area contributed by atoms with Crippen LogP contribution in [0.4, 0.5) is 15.6 Å². The van der Waals surface area contributed by atoms with E-state index in [9.17, 15) is 9.90 Å². The first kappa shape index (κ1) is 15.9. The average molecular weight is 333 g/mol. The Bertz CT molecular complexity index is 678. The van der Waals surface area contributed by atoms with Gasteiger partial charge in [0.25, 0.3) is 0 Å². The van der Waals surface area contributed by atoms with Crippen LogP contribution in [0.3, 0.4) is 0 Å². The number of aryl methyl sites for hydroxylation is 2. The van der Waals surface area contributed by atoms with Gasteiger partial charge in [-0.2, -0.15) is 0 Å². The summed E-state index contributed by atoms with van der Waals surface area (Å²) in [6, 6.07) is 6.39. The summed E-state index contributed by atoms with van der Waals surface area (Å²) in [6.45, 7) is -0.361. The number of aliphatic hydroxyl groups is 2. The Morgan fingerprint density at radius 3 is 2.91 bits per heavy atom. The van der Waals surface area contributed by atoms with Gasteiger partial charge < -0.3 is 15.5 Å². The highest BCUT2D eigenvalue weighted by atomic mass is 32.1. The third kappa shape index (κ3) is 3.87. The fourth-order valence-corrected chi connectivity index (χ4v) is 3.64. The Balaban J connectivity index is 1.64. The molecule has 6 nitrogen and oxygen atoms in total. The molecule has 1 aliphatic carbocycles. The van der Waals surface area contributed by atoms with Gasteiger partial charge in [-0.25, -0.2) is 9.78 Å². The van der Waals surface area contributed by atoms with E-state index in [0.717, 1.165) is 25.0 Å². The monoisotopic (exact) mass is 333 g/mol. The Morgan fingerprint density at radius 1 is 1.30 bits per heavy atom. The molecule has 0 spiro atoms. The van der Waals surface area contributed by atoms with Gasteiger partial charge in [0.1, 0.15) is 6.10 Å². The SMILES string of the molecule is O=C(Nc1cccc(C(O)CO)c1)Nc1nc2c(s1)CCCC2. The summed E-state index contributed by atoms with van der Waals surface area (Å²) in [7, 11) is 0. The third-order valence-corrected chi connectivity index (χ3v) is 4.84. The van der Waals surface area contributed by atoms with Crippen LogP contribution in [0.1, 0.15) is 35.1 Å². The molecule has 0 aliphatic heterocycles. The van der Waals surface area contributed by atoms with Gasteiger partial charge in [-0.1, -0.05) is 12.1 Å². The van der Waals surface area contributed by atoms with Gasteiger partial charge in [-0.15, -0.1) is 11.3 Å². The first-order valence-electron chi connectivity index (χ1n) is 7.61. The van der Waals surface area contributed by atoms with Crippen LogP contribution in [0, 0.1) is 0 Å². The van der Waals surface area contributed by atoms with E-state index in [0.29, 0.717) is 16.4 Å². The summed E-state index contributed by atoms with van der Waals surface area (Å²) in [5.41, 5.74) is 2.20. The lowest BCUT2D eigenvalue weighted by molar-refractivity contribution is 0.0956. The molecule has 23 heavy (non-hydrogen) atoms. The molecule has 1 unspecified atom stereocenters. The van der Waals surface area contributed by atoms with E-state index in [-0.39, 0.29) is 12.6 Å². The van der Waals surface area contributed by atoms with E-state index in [1.165, 1.54) is 22.6 Å². The predicted molar refractivity (Wildman–Crippen MR) is 89.9 cm³/mol. The van der Waals surface area contributed by atoms with Crippen LogP contribution in [0.25, 0.3) is 0 Å². The van der Waals surface area contributed by atoms with Crippen LogP contribution in [-0.2, 0) is 12.8 Å². The van der Waals surface area contributed by atoms with Crippen molar-refractivity contribution in [2.24, 2.45) is 0 Å². The molecule has 0 fully saturated rings. The molecule has 4 N–H and O–H groups in total.